The van der Waals surface area contributed by atoms with E-state index in [2.05, 4.69) is 0 Å². The molecule has 0 aromatic carbocycles. The normalized spacial score (nSPS) is 50.5. The maximum absolute atomic E-state index is 11.5. The lowest BCUT2D eigenvalue weighted by Gasteiger charge is -2.42. The number of allylic oxidation sites excluding steroid dienone is 1. The second kappa shape index (κ2) is 3.18. The molecule has 0 amide bonds. The van der Waals surface area contributed by atoms with Crippen LogP contribution in [0.5, 0.6) is 0 Å². The Morgan fingerprint density at radius 1 is 1.21 bits per heavy atom. The molecule has 0 aliphatic heterocycles. The molecule has 19 heavy (non-hydrogen) atoms. The highest BCUT2D eigenvalue weighted by atomic mass is 16.3. The third kappa shape index (κ3) is 1.22. The zero-order chi connectivity index (χ0) is 14.3. The Morgan fingerprint density at radius 2 is 1.84 bits per heavy atom. The maximum atomic E-state index is 11.5. The number of carbonyl (C=O) groups is 2. The van der Waals surface area contributed by atoms with Gasteiger partial charge in [0.1, 0.15) is 18.2 Å². The summed E-state index contributed by atoms with van der Waals surface area (Å²) in [6, 6.07) is 0. The number of carbonyl (C=O) groups excluding carboxylic acids is 2. The van der Waals surface area contributed by atoms with Crippen LogP contribution in [0.15, 0.2) is 11.1 Å². The third-order valence-corrected chi connectivity index (χ3v) is 5.65. The van der Waals surface area contributed by atoms with Crippen molar-refractivity contribution in [3.05, 3.63) is 11.1 Å². The minimum Gasteiger partial charge on any atom is -0.389 e. The molecule has 4 atom stereocenters. The van der Waals surface area contributed by atoms with Crippen LogP contribution in [0.4, 0.5) is 0 Å². The summed E-state index contributed by atoms with van der Waals surface area (Å²) in [5, 5.41) is 21.5. The minimum absolute atomic E-state index is 0.170. The summed E-state index contributed by atoms with van der Waals surface area (Å²) in [6.45, 7) is 5.80. The van der Waals surface area contributed by atoms with Crippen molar-refractivity contribution in [2.75, 3.05) is 0 Å². The molecule has 2 saturated carbocycles. The summed E-state index contributed by atoms with van der Waals surface area (Å²) in [7, 11) is 0. The number of hydrogen-bond acceptors (Lipinski definition) is 4. The van der Waals surface area contributed by atoms with E-state index in [-0.39, 0.29) is 5.41 Å². The van der Waals surface area contributed by atoms with Gasteiger partial charge in [-0.05, 0) is 30.3 Å². The smallest absolute Gasteiger partial charge is 0.147 e. The first kappa shape index (κ1) is 13.0. The van der Waals surface area contributed by atoms with Gasteiger partial charge < -0.3 is 15.0 Å². The van der Waals surface area contributed by atoms with Crippen molar-refractivity contribution >= 4 is 12.6 Å². The summed E-state index contributed by atoms with van der Waals surface area (Å²) < 4.78 is 0. The van der Waals surface area contributed by atoms with E-state index in [9.17, 15) is 19.8 Å². The fourth-order valence-electron chi connectivity index (χ4n) is 4.61. The van der Waals surface area contributed by atoms with E-state index in [0.29, 0.717) is 36.7 Å². The van der Waals surface area contributed by atoms with Gasteiger partial charge in [0.25, 0.3) is 0 Å². The first-order valence-corrected chi connectivity index (χ1v) is 6.73. The standard InChI is InChI=1S/C15H20O4/c1-12(2)4-9-10(5-16)14(8-17)7-13(14,3)11(18)15(9,19)6-12/h5,8,11,18-19H,4,6-7H2,1-3H3/t11-,13+,14+,15+/m1/s1. The van der Waals surface area contributed by atoms with Gasteiger partial charge in [0.2, 0.25) is 0 Å². The van der Waals surface area contributed by atoms with Crippen LogP contribution < -0.4 is 0 Å². The van der Waals surface area contributed by atoms with Gasteiger partial charge in [-0.15, -0.1) is 0 Å². The number of aliphatic hydroxyl groups excluding tert-OH is 1. The van der Waals surface area contributed by atoms with Crippen LogP contribution in [-0.2, 0) is 9.59 Å². The lowest BCUT2D eigenvalue weighted by Crippen LogP contribution is -2.52. The Morgan fingerprint density at radius 3 is 2.37 bits per heavy atom. The van der Waals surface area contributed by atoms with Crippen LogP contribution in [-0.4, -0.2) is 34.5 Å². The fraction of sp³-hybridized carbons (Fsp3) is 0.733. The molecule has 0 heterocycles. The predicted octanol–water partition coefficient (Wildman–Crippen LogP) is 1.00. The molecule has 0 saturated heterocycles. The van der Waals surface area contributed by atoms with E-state index in [0.717, 1.165) is 6.29 Å². The molecule has 4 nitrogen and oxygen atoms in total. The Bertz CT molecular complexity index is 520. The maximum Gasteiger partial charge on any atom is 0.147 e. The van der Waals surface area contributed by atoms with E-state index in [1.54, 1.807) is 6.92 Å². The first-order valence-electron chi connectivity index (χ1n) is 6.73. The largest absolute Gasteiger partial charge is 0.389 e. The van der Waals surface area contributed by atoms with E-state index in [1.165, 1.54) is 0 Å². The monoisotopic (exact) mass is 264 g/mol. The topological polar surface area (TPSA) is 74.6 Å². The van der Waals surface area contributed by atoms with Crippen LogP contribution in [0.3, 0.4) is 0 Å². The molecular formula is C15H20O4. The van der Waals surface area contributed by atoms with Gasteiger partial charge in [-0.2, -0.15) is 0 Å². The van der Waals surface area contributed by atoms with Crippen molar-refractivity contribution < 1.29 is 19.8 Å². The average molecular weight is 264 g/mol. The van der Waals surface area contributed by atoms with Crippen LogP contribution in [0.2, 0.25) is 0 Å². The van der Waals surface area contributed by atoms with E-state index < -0.39 is 22.5 Å². The number of aldehydes is 2. The highest BCUT2D eigenvalue weighted by Gasteiger charge is 2.78. The van der Waals surface area contributed by atoms with Crippen molar-refractivity contribution in [3.8, 4) is 0 Å². The second-order valence-electron chi connectivity index (χ2n) is 7.54. The van der Waals surface area contributed by atoms with E-state index in [4.69, 9.17) is 0 Å². The molecule has 0 radical (unpaired) electrons. The molecule has 2 fully saturated rings. The summed E-state index contributed by atoms with van der Waals surface area (Å²) in [4.78, 5) is 23.0. The van der Waals surface area contributed by atoms with Crippen LogP contribution in [0.1, 0.15) is 40.0 Å². The molecule has 3 aliphatic carbocycles. The summed E-state index contributed by atoms with van der Waals surface area (Å²) in [5.41, 5.74) is -2.10. The number of aliphatic hydroxyl groups is 2. The lowest BCUT2D eigenvalue weighted by atomic mass is 9.68. The van der Waals surface area contributed by atoms with Crippen molar-refractivity contribution in [1.29, 1.82) is 0 Å². The molecule has 0 unspecified atom stereocenters. The summed E-state index contributed by atoms with van der Waals surface area (Å²) >= 11 is 0. The minimum atomic E-state index is -1.35. The molecule has 0 aromatic heterocycles. The quantitative estimate of drug-likeness (QED) is 0.730. The number of fused-ring (bicyclic) bond motifs is 2. The molecule has 0 aromatic rings. The van der Waals surface area contributed by atoms with Crippen molar-refractivity contribution in [2.24, 2.45) is 16.2 Å². The molecule has 3 rings (SSSR count). The summed E-state index contributed by atoms with van der Waals surface area (Å²) in [6.07, 6.45) is 1.96. The highest BCUT2D eigenvalue weighted by Crippen LogP contribution is 2.75. The Labute approximate surface area is 112 Å². The van der Waals surface area contributed by atoms with Gasteiger partial charge in [-0.1, -0.05) is 20.8 Å². The first-order chi connectivity index (χ1) is 8.67. The van der Waals surface area contributed by atoms with Crippen LogP contribution in [0.25, 0.3) is 0 Å². The van der Waals surface area contributed by atoms with Gasteiger partial charge in [-0.25, -0.2) is 0 Å². The number of hydrogen-bond donors (Lipinski definition) is 2. The molecule has 0 bridgehead atoms. The highest BCUT2D eigenvalue weighted by molar-refractivity contribution is 5.91. The van der Waals surface area contributed by atoms with Crippen molar-refractivity contribution in [1.82, 2.24) is 0 Å². The van der Waals surface area contributed by atoms with Gasteiger partial charge in [-0.3, -0.25) is 4.79 Å². The SMILES string of the molecule is CC1(C)CC2=C(C=O)[C@@]3(C=O)C[C@@]3(C)[C@@H](O)[C@]2(O)C1. The van der Waals surface area contributed by atoms with Gasteiger partial charge in [0.15, 0.2) is 0 Å². The van der Waals surface area contributed by atoms with E-state index >= 15 is 0 Å². The van der Waals surface area contributed by atoms with Crippen LogP contribution >= 0.6 is 0 Å². The van der Waals surface area contributed by atoms with Crippen LogP contribution in [0, 0.1) is 16.2 Å². The molecule has 4 heteroatoms. The molecule has 2 N–H and O–H groups in total. The predicted molar refractivity (Wildman–Crippen MR) is 68.3 cm³/mol. The Kier molecular flexibility index (Phi) is 2.18. The van der Waals surface area contributed by atoms with Crippen molar-refractivity contribution in [2.45, 2.75) is 51.7 Å². The zero-order valence-corrected chi connectivity index (χ0v) is 11.6. The lowest BCUT2D eigenvalue weighted by molar-refractivity contribution is -0.124. The third-order valence-electron chi connectivity index (χ3n) is 5.65. The molecular weight excluding hydrogens is 244 g/mol. The fourth-order valence-corrected chi connectivity index (χ4v) is 4.61. The van der Waals surface area contributed by atoms with E-state index in [1.807, 2.05) is 13.8 Å². The number of rotatable bonds is 2. The van der Waals surface area contributed by atoms with Gasteiger partial charge in [0.05, 0.1) is 11.5 Å². The summed E-state index contributed by atoms with van der Waals surface area (Å²) in [5.74, 6) is 0. The second-order valence-corrected chi connectivity index (χ2v) is 7.54. The zero-order valence-electron chi connectivity index (χ0n) is 11.6. The average Bonchev–Trinajstić information content (AvgIpc) is 2.85. The van der Waals surface area contributed by atoms with Gasteiger partial charge >= 0.3 is 0 Å². The van der Waals surface area contributed by atoms with Gasteiger partial charge in [0, 0.05) is 11.0 Å². The Hall–Kier alpha value is -1.00. The van der Waals surface area contributed by atoms with Crippen molar-refractivity contribution in [3.63, 3.8) is 0 Å². The molecule has 0 spiro atoms. The molecule has 3 aliphatic rings. The Balaban J connectivity index is 2.26. The molecule has 104 valence electrons.